The van der Waals surface area contributed by atoms with Crippen LogP contribution >= 0.6 is 0 Å². The largest absolute Gasteiger partial charge is 0.508 e. The zero-order valence-corrected chi connectivity index (χ0v) is 9.94. The Balaban J connectivity index is 2.16. The summed E-state index contributed by atoms with van der Waals surface area (Å²) in [6.07, 6.45) is 0. The lowest BCUT2D eigenvalue weighted by atomic mass is 10.1. The molecule has 0 atom stereocenters. The number of rotatable bonds is 1. The van der Waals surface area contributed by atoms with Gasteiger partial charge < -0.3 is 15.1 Å². The molecule has 0 aromatic heterocycles. The summed E-state index contributed by atoms with van der Waals surface area (Å²) in [5.74, 6) is 0.420. The van der Waals surface area contributed by atoms with Crippen LogP contribution in [0.4, 0.5) is 0 Å². The monoisotopic (exact) mass is 255 g/mol. The number of benzene rings is 1. The van der Waals surface area contributed by atoms with Crippen LogP contribution in [0.15, 0.2) is 18.2 Å². The van der Waals surface area contributed by atoms with E-state index in [-0.39, 0.29) is 23.0 Å². The minimum absolute atomic E-state index is 0.145. The molecule has 5 nitrogen and oxygen atoms in total. The minimum atomic E-state index is -0.835. The Labute approximate surface area is 101 Å². The van der Waals surface area contributed by atoms with Crippen molar-refractivity contribution >= 4 is 16.7 Å². The van der Waals surface area contributed by atoms with Crippen molar-refractivity contribution in [3.8, 4) is 11.5 Å². The van der Waals surface area contributed by atoms with E-state index in [1.165, 1.54) is 18.2 Å². The van der Waals surface area contributed by atoms with Gasteiger partial charge in [-0.3, -0.25) is 9.00 Å². The number of aromatic hydroxyl groups is 2. The molecule has 1 aliphatic rings. The highest BCUT2D eigenvalue weighted by Gasteiger charge is 2.21. The second kappa shape index (κ2) is 4.75. The zero-order valence-electron chi connectivity index (χ0n) is 9.13. The number of phenols is 2. The van der Waals surface area contributed by atoms with Crippen molar-refractivity contribution in [2.24, 2.45) is 0 Å². The minimum Gasteiger partial charge on any atom is -0.508 e. The van der Waals surface area contributed by atoms with Crippen LogP contribution in [0, 0.1) is 0 Å². The van der Waals surface area contributed by atoms with Gasteiger partial charge in [-0.15, -0.1) is 0 Å². The van der Waals surface area contributed by atoms with E-state index in [1.54, 1.807) is 4.90 Å². The van der Waals surface area contributed by atoms with Gasteiger partial charge in [-0.05, 0) is 12.1 Å². The highest BCUT2D eigenvalue weighted by molar-refractivity contribution is 7.85. The van der Waals surface area contributed by atoms with Crippen molar-refractivity contribution in [3.63, 3.8) is 0 Å². The quantitative estimate of drug-likeness (QED) is 0.756. The molecule has 17 heavy (non-hydrogen) atoms. The molecule has 0 aliphatic carbocycles. The second-order valence-corrected chi connectivity index (χ2v) is 5.57. The maximum absolute atomic E-state index is 12.0. The molecular weight excluding hydrogens is 242 g/mol. The fraction of sp³-hybridized carbons (Fsp3) is 0.364. The standard InChI is InChI=1S/C11H13NO4S/c13-9-5-8(6-10(14)7-9)11(15)12-1-3-17(16)4-2-12/h5-7,13-14H,1-4H2. The Morgan fingerprint density at radius 2 is 1.65 bits per heavy atom. The fourth-order valence-corrected chi connectivity index (χ4v) is 2.79. The van der Waals surface area contributed by atoms with Crippen LogP contribution in [-0.4, -0.2) is 49.8 Å². The summed E-state index contributed by atoms with van der Waals surface area (Å²) in [4.78, 5) is 13.6. The first-order valence-electron chi connectivity index (χ1n) is 5.23. The summed E-state index contributed by atoms with van der Waals surface area (Å²) in [5.41, 5.74) is 0.246. The van der Waals surface area contributed by atoms with Gasteiger partial charge in [0.25, 0.3) is 5.91 Å². The normalized spacial score (nSPS) is 17.1. The molecule has 6 heteroatoms. The topological polar surface area (TPSA) is 77.8 Å². The van der Waals surface area contributed by atoms with E-state index in [1.807, 2.05) is 0 Å². The van der Waals surface area contributed by atoms with Crippen molar-refractivity contribution in [2.75, 3.05) is 24.6 Å². The van der Waals surface area contributed by atoms with Crippen LogP contribution in [0.25, 0.3) is 0 Å². The molecule has 2 N–H and O–H groups in total. The molecule has 92 valence electrons. The summed E-state index contributed by atoms with van der Waals surface area (Å²) in [6.45, 7) is 0.893. The average molecular weight is 255 g/mol. The van der Waals surface area contributed by atoms with Crippen LogP contribution < -0.4 is 0 Å². The molecule has 1 saturated heterocycles. The van der Waals surface area contributed by atoms with E-state index in [2.05, 4.69) is 0 Å². The third kappa shape index (κ3) is 2.76. The molecule has 1 aliphatic heterocycles. The number of carbonyl (C=O) groups excluding carboxylic acids is 1. The van der Waals surface area contributed by atoms with E-state index < -0.39 is 10.8 Å². The Morgan fingerprint density at radius 1 is 1.12 bits per heavy atom. The molecule has 0 spiro atoms. The molecular formula is C11H13NO4S. The van der Waals surface area contributed by atoms with Crippen LogP contribution in [0.5, 0.6) is 11.5 Å². The highest BCUT2D eigenvalue weighted by atomic mass is 32.2. The number of carbonyl (C=O) groups is 1. The zero-order chi connectivity index (χ0) is 12.4. The van der Waals surface area contributed by atoms with Gasteiger partial charge in [0.15, 0.2) is 0 Å². The predicted molar refractivity (Wildman–Crippen MR) is 63.6 cm³/mol. The van der Waals surface area contributed by atoms with Gasteiger partial charge >= 0.3 is 0 Å². The van der Waals surface area contributed by atoms with E-state index in [0.29, 0.717) is 24.6 Å². The van der Waals surface area contributed by atoms with Crippen molar-refractivity contribution in [2.45, 2.75) is 0 Å². The lowest BCUT2D eigenvalue weighted by Gasteiger charge is -2.26. The average Bonchev–Trinajstić information content (AvgIpc) is 2.28. The first-order valence-corrected chi connectivity index (χ1v) is 6.72. The molecule has 0 radical (unpaired) electrons. The van der Waals surface area contributed by atoms with Gasteiger partial charge in [-0.1, -0.05) is 0 Å². The Kier molecular flexibility index (Phi) is 3.33. The Bertz CT molecular complexity index is 444. The highest BCUT2D eigenvalue weighted by Crippen LogP contribution is 2.21. The molecule has 2 rings (SSSR count). The number of hydrogen-bond donors (Lipinski definition) is 2. The predicted octanol–water partition coefficient (Wildman–Crippen LogP) is 0.302. The van der Waals surface area contributed by atoms with Gasteiger partial charge in [0, 0.05) is 47.0 Å². The molecule has 1 amide bonds. The number of hydrogen-bond acceptors (Lipinski definition) is 4. The first-order chi connectivity index (χ1) is 8.06. The fourth-order valence-electron chi connectivity index (χ4n) is 1.74. The van der Waals surface area contributed by atoms with Crippen LogP contribution in [-0.2, 0) is 10.8 Å². The molecule has 0 saturated carbocycles. The maximum Gasteiger partial charge on any atom is 0.254 e. The smallest absolute Gasteiger partial charge is 0.254 e. The van der Waals surface area contributed by atoms with E-state index >= 15 is 0 Å². The van der Waals surface area contributed by atoms with Crippen molar-refractivity contribution < 1.29 is 19.2 Å². The van der Waals surface area contributed by atoms with Gasteiger partial charge in [-0.25, -0.2) is 0 Å². The second-order valence-electron chi connectivity index (χ2n) is 3.88. The Morgan fingerprint density at radius 3 is 2.18 bits per heavy atom. The molecule has 1 aromatic rings. The van der Waals surface area contributed by atoms with Crippen molar-refractivity contribution in [3.05, 3.63) is 23.8 Å². The third-order valence-corrected chi connectivity index (χ3v) is 3.89. The number of nitrogens with zero attached hydrogens (tertiary/aromatic N) is 1. The lowest BCUT2D eigenvalue weighted by molar-refractivity contribution is 0.0770. The Hall–Kier alpha value is -1.56. The summed E-state index contributed by atoms with van der Waals surface area (Å²) < 4.78 is 11.2. The van der Waals surface area contributed by atoms with Crippen LogP contribution in [0.2, 0.25) is 0 Å². The summed E-state index contributed by atoms with van der Waals surface area (Å²) in [6, 6.07) is 3.79. The lowest BCUT2D eigenvalue weighted by Crippen LogP contribution is -2.41. The molecule has 1 fully saturated rings. The molecule has 1 aromatic carbocycles. The first kappa shape index (κ1) is 11.9. The van der Waals surface area contributed by atoms with Gasteiger partial charge in [0.2, 0.25) is 0 Å². The summed E-state index contributed by atoms with van der Waals surface area (Å²) in [5, 5.41) is 18.6. The van der Waals surface area contributed by atoms with E-state index in [0.717, 1.165) is 0 Å². The maximum atomic E-state index is 12.0. The van der Waals surface area contributed by atoms with Gasteiger partial charge in [0.1, 0.15) is 11.5 Å². The summed E-state index contributed by atoms with van der Waals surface area (Å²) in [7, 11) is -0.835. The van der Waals surface area contributed by atoms with Crippen LogP contribution in [0.1, 0.15) is 10.4 Å². The van der Waals surface area contributed by atoms with Gasteiger partial charge in [-0.2, -0.15) is 0 Å². The third-order valence-electron chi connectivity index (χ3n) is 2.61. The van der Waals surface area contributed by atoms with Gasteiger partial charge in [0.05, 0.1) is 0 Å². The van der Waals surface area contributed by atoms with Crippen LogP contribution in [0.3, 0.4) is 0 Å². The number of amides is 1. The van der Waals surface area contributed by atoms with E-state index in [9.17, 15) is 19.2 Å². The van der Waals surface area contributed by atoms with Crippen molar-refractivity contribution in [1.82, 2.24) is 4.90 Å². The summed E-state index contributed by atoms with van der Waals surface area (Å²) >= 11 is 0. The number of phenolic OH excluding ortho intramolecular Hbond substituents is 2. The SMILES string of the molecule is O=C(c1cc(O)cc(O)c1)N1CCS(=O)CC1. The van der Waals surface area contributed by atoms with Crippen molar-refractivity contribution in [1.29, 1.82) is 0 Å². The molecule has 0 bridgehead atoms. The molecule has 1 heterocycles. The van der Waals surface area contributed by atoms with E-state index in [4.69, 9.17) is 0 Å². The molecule has 0 unspecified atom stereocenters.